The number of anilines is 1. The maximum Gasteiger partial charge on any atom is 0.255 e. The standard InChI is InChI=1S/C27H24F2N4O3/c1-16-24(17(2)33(32-16)15-18-6-4-3-5-7-18)14-30-27(36)23-9-8-22(13-25(23)34)31-26(35)19-10-20(28)12-21(29)11-19/h3-13,34H,14-15H2,1-2H3,(H,30,36)(H,31,35). The molecule has 0 bridgehead atoms. The topological polar surface area (TPSA) is 96.3 Å². The number of aromatic nitrogens is 2. The van der Waals surface area contributed by atoms with E-state index in [0.29, 0.717) is 12.6 Å². The molecule has 36 heavy (non-hydrogen) atoms. The average Bonchev–Trinajstić information content (AvgIpc) is 3.09. The van der Waals surface area contributed by atoms with Gasteiger partial charge in [0.1, 0.15) is 17.4 Å². The highest BCUT2D eigenvalue weighted by molar-refractivity contribution is 6.05. The van der Waals surface area contributed by atoms with Crippen LogP contribution in [0.2, 0.25) is 0 Å². The second kappa shape index (κ2) is 10.4. The molecule has 0 aliphatic heterocycles. The van der Waals surface area contributed by atoms with Crippen molar-refractivity contribution in [2.75, 3.05) is 5.32 Å². The SMILES string of the molecule is Cc1nn(Cc2ccccc2)c(C)c1CNC(=O)c1ccc(NC(=O)c2cc(F)cc(F)c2)cc1O. The maximum absolute atomic E-state index is 13.4. The predicted octanol–water partition coefficient (Wildman–Crippen LogP) is 4.71. The van der Waals surface area contributed by atoms with Gasteiger partial charge in [-0.3, -0.25) is 14.3 Å². The zero-order valence-corrected chi connectivity index (χ0v) is 19.7. The van der Waals surface area contributed by atoms with Crippen LogP contribution in [0.25, 0.3) is 0 Å². The number of rotatable bonds is 7. The molecule has 3 N–H and O–H groups in total. The van der Waals surface area contributed by atoms with E-state index < -0.39 is 23.4 Å². The summed E-state index contributed by atoms with van der Waals surface area (Å²) in [6.07, 6.45) is 0. The van der Waals surface area contributed by atoms with Crippen LogP contribution in [0.15, 0.2) is 66.7 Å². The summed E-state index contributed by atoms with van der Waals surface area (Å²) in [6.45, 7) is 4.63. The number of aromatic hydroxyl groups is 1. The number of carbonyl (C=O) groups excluding carboxylic acids is 2. The molecular weight excluding hydrogens is 466 g/mol. The minimum absolute atomic E-state index is 0.0109. The van der Waals surface area contributed by atoms with Gasteiger partial charge in [-0.25, -0.2) is 8.78 Å². The Morgan fingerprint density at radius 1 is 0.944 bits per heavy atom. The second-order valence-electron chi connectivity index (χ2n) is 8.32. The van der Waals surface area contributed by atoms with E-state index in [1.54, 1.807) is 0 Å². The number of aryl methyl sites for hydroxylation is 1. The Balaban J connectivity index is 1.41. The van der Waals surface area contributed by atoms with Crippen molar-refractivity contribution < 1.29 is 23.5 Å². The smallest absolute Gasteiger partial charge is 0.255 e. The van der Waals surface area contributed by atoms with Crippen molar-refractivity contribution >= 4 is 17.5 Å². The first-order chi connectivity index (χ1) is 17.2. The largest absolute Gasteiger partial charge is 0.507 e. The van der Waals surface area contributed by atoms with Crippen molar-refractivity contribution in [1.82, 2.24) is 15.1 Å². The Morgan fingerprint density at radius 2 is 1.64 bits per heavy atom. The summed E-state index contributed by atoms with van der Waals surface area (Å²) in [4.78, 5) is 25.0. The van der Waals surface area contributed by atoms with Gasteiger partial charge in [0.25, 0.3) is 11.8 Å². The molecule has 0 unspecified atom stereocenters. The van der Waals surface area contributed by atoms with Gasteiger partial charge in [0.2, 0.25) is 0 Å². The van der Waals surface area contributed by atoms with Crippen molar-refractivity contribution in [3.63, 3.8) is 0 Å². The monoisotopic (exact) mass is 490 g/mol. The van der Waals surface area contributed by atoms with E-state index in [-0.39, 0.29) is 29.1 Å². The third kappa shape index (κ3) is 5.57. The van der Waals surface area contributed by atoms with Crippen molar-refractivity contribution in [3.05, 3.63) is 112 Å². The molecule has 9 heteroatoms. The summed E-state index contributed by atoms with van der Waals surface area (Å²) in [7, 11) is 0. The van der Waals surface area contributed by atoms with E-state index in [1.165, 1.54) is 18.2 Å². The highest BCUT2D eigenvalue weighted by atomic mass is 19.1. The van der Waals surface area contributed by atoms with Gasteiger partial charge in [-0.15, -0.1) is 0 Å². The van der Waals surface area contributed by atoms with Gasteiger partial charge in [0.05, 0.1) is 17.8 Å². The quantitative estimate of drug-likeness (QED) is 0.350. The molecule has 0 fully saturated rings. The Labute approximate surface area is 206 Å². The molecule has 0 saturated carbocycles. The lowest BCUT2D eigenvalue weighted by Crippen LogP contribution is -2.23. The summed E-state index contributed by atoms with van der Waals surface area (Å²) in [5.74, 6) is -3.39. The van der Waals surface area contributed by atoms with Crippen LogP contribution >= 0.6 is 0 Å². The molecule has 0 spiro atoms. The minimum atomic E-state index is -0.883. The number of nitrogens with zero attached hydrogens (tertiary/aromatic N) is 2. The molecule has 7 nitrogen and oxygen atoms in total. The maximum atomic E-state index is 13.4. The molecule has 0 atom stereocenters. The molecule has 1 heterocycles. The number of phenolic OH excluding ortho intramolecular Hbond substituents is 1. The Kier molecular flexibility index (Phi) is 7.10. The number of benzene rings is 3. The van der Waals surface area contributed by atoms with E-state index in [2.05, 4.69) is 15.7 Å². The molecule has 0 radical (unpaired) electrons. The molecule has 0 aliphatic rings. The van der Waals surface area contributed by atoms with Crippen LogP contribution in [0.4, 0.5) is 14.5 Å². The highest BCUT2D eigenvalue weighted by Crippen LogP contribution is 2.23. The third-order valence-corrected chi connectivity index (χ3v) is 5.76. The van der Waals surface area contributed by atoms with Crippen LogP contribution in [-0.2, 0) is 13.1 Å². The van der Waals surface area contributed by atoms with Crippen molar-refractivity contribution in [1.29, 1.82) is 0 Å². The van der Waals surface area contributed by atoms with Gasteiger partial charge in [0.15, 0.2) is 0 Å². The number of hydrogen-bond acceptors (Lipinski definition) is 4. The molecule has 184 valence electrons. The average molecular weight is 491 g/mol. The predicted molar refractivity (Wildman–Crippen MR) is 131 cm³/mol. The summed E-state index contributed by atoms with van der Waals surface area (Å²) in [6, 6.07) is 16.3. The first-order valence-electron chi connectivity index (χ1n) is 11.2. The van der Waals surface area contributed by atoms with Crippen LogP contribution in [0.1, 0.15) is 43.2 Å². The number of halogens is 2. The van der Waals surface area contributed by atoms with Gasteiger partial charge < -0.3 is 15.7 Å². The molecule has 0 aliphatic carbocycles. The first kappa shape index (κ1) is 24.6. The molecule has 3 aromatic carbocycles. The van der Waals surface area contributed by atoms with Crippen LogP contribution in [-0.4, -0.2) is 26.7 Å². The zero-order valence-electron chi connectivity index (χ0n) is 19.7. The lowest BCUT2D eigenvalue weighted by molar-refractivity contribution is 0.0947. The Bertz CT molecular complexity index is 1410. The van der Waals surface area contributed by atoms with Crippen molar-refractivity contribution in [2.24, 2.45) is 0 Å². The van der Waals surface area contributed by atoms with E-state index in [1.807, 2.05) is 48.9 Å². The number of nitrogens with one attached hydrogen (secondary N) is 2. The van der Waals surface area contributed by atoms with Crippen molar-refractivity contribution in [2.45, 2.75) is 26.9 Å². The lowest BCUT2D eigenvalue weighted by atomic mass is 10.1. The van der Waals surface area contributed by atoms with Crippen molar-refractivity contribution in [3.8, 4) is 5.75 Å². The molecule has 1 aromatic heterocycles. The fourth-order valence-corrected chi connectivity index (χ4v) is 3.85. The number of amides is 2. The molecule has 4 rings (SSSR count). The lowest BCUT2D eigenvalue weighted by Gasteiger charge is -2.10. The van der Waals surface area contributed by atoms with Gasteiger partial charge >= 0.3 is 0 Å². The van der Waals surface area contributed by atoms with E-state index in [4.69, 9.17) is 0 Å². The van der Waals surface area contributed by atoms with E-state index >= 15 is 0 Å². The summed E-state index contributed by atoms with van der Waals surface area (Å²) in [5.41, 5.74) is 3.66. The number of carbonyl (C=O) groups is 2. The van der Waals surface area contributed by atoms with Gasteiger partial charge in [-0.1, -0.05) is 30.3 Å². The first-order valence-corrected chi connectivity index (χ1v) is 11.2. The number of hydrogen-bond donors (Lipinski definition) is 3. The van der Waals surface area contributed by atoms with E-state index in [0.717, 1.165) is 34.6 Å². The van der Waals surface area contributed by atoms with Crippen LogP contribution in [0.3, 0.4) is 0 Å². The molecule has 0 saturated heterocycles. The normalized spacial score (nSPS) is 10.8. The Morgan fingerprint density at radius 3 is 2.31 bits per heavy atom. The minimum Gasteiger partial charge on any atom is -0.507 e. The molecule has 4 aromatic rings. The fourth-order valence-electron chi connectivity index (χ4n) is 3.85. The Hall–Kier alpha value is -4.53. The molecule has 2 amide bonds. The van der Waals surface area contributed by atoms with Gasteiger partial charge in [0, 0.05) is 41.2 Å². The van der Waals surface area contributed by atoms with Crippen LogP contribution in [0.5, 0.6) is 5.75 Å². The van der Waals surface area contributed by atoms with Crippen LogP contribution in [0, 0.1) is 25.5 Å². The molecular formula is C27H24F2N4O3. The third-order valence-electron chi connectivity index (χ3n) is 5.76. The fraction of sp³-hybridized carbons (Fsp3) is 0.148. The summed E-state index contributed by atoms with van der Waals surface area (Å²) in [5, 5.41) is 20.2. The van der Waals surface area contributed by atoms with Gasteiger partial charge in [-0.2, -0.15) is 5.10 Å². The van der Waals surface area contributed by atoms with Gasteiger partial charge in [-0.05, 0) is 43.7 Å². The summed E-state index contributed by atoms with van der Waals surface area (Å²) < 4.78 is 28.6. The summed E-state index contributed by atoms with van der Waals surface area (Å²) >= 11 is 0. The number of phenols is 1. The van der Waals surface area contributed by atoms with E-state index in [9.17, 15) is 23.5 Å². The highest BCUT2D eigenvalue weighted by Gasteiger charge is 2.17. The second-order valence-corrected chi connectivity index (χ2v) is 8.32. The van der Waals surface area contributed by atoms with Crippen LogP contribution < -0.4 is 10.6 Å². The zero-order chi connectivity index (χ0) is 25.8.